The molecular weight excluding hydrogens is 252 g/mol. The van der Waals surface area contributed by atoms with Gasteiger partial charge in [0.05, 0.1) is 30.3 Å². The summed E-state index contributed by atoms with van der Waals surface area (Å²) >= 11 is 0. The normalized spacial score (nSPS) is 10.2. The van der Waals surface area contributed by atoms with Crippen LogP contribution in [0.15, 0.2) is 12.1 Å². The first-order valence-corrected chi connectivity index (χ1v) is 5.94. The fourth-order valence-corrected chi connectivity index (χ4v) is 1.40. The van der Waals surface area contributed by atoms with Crippen molar-refractivity contribution >= 4 is 17.3 Å². The van der Waals surface area contributed by atoms with Gasteiger partial charge in [0, 0.05) is 20.2 Å². The van der Waals surface area contributed by atoms with Gasteiger partial charge in [-0.15, -0.1) is 0 Å². The number of aliphatic hydroxyl groups is 1. The summed E-state index contributed by atoms with van der Waals surface area (Å²) in [5.74, 6) is 0.883. The highest BCUT2D eigenvalue weighted by Crippen LogP contribution is 2.20. The number of anilines is 2. The van der Waals surface area contributed by atoms with Crippen molar-refractivity contribution in [2.45, 2.75) is 6.42 Å². The standard InChI is InChI=1S/C11H18N4O4/c1-12-10-7-9(15(17)18)8-11(14-10)13-3-2-5-19-6-4-16/h7-8,16H,2-6H2,1H3,(H2,12,13,14). The highest BCUT2D eigenvalue weighted by molar-refractivity contribution is 5.54. The van der Waals surface area contributed by atoms with Gasteiger partial charge in [0.15, 0.2) is 0 Å². The maximum atomic E-state index is 10.7. The van der Waals surface area contributed by atoms with Crippen LogP contribution >= 0.6 is 0 Å². The van der Waals surface area contributed by atoms with Gasteiger partial charge in [-0.25, -0.2) is 4.98 Å². The largest absolute Gasteiger partial charge is 0.394 e. The van der Waals surface area contributed by atoms with E-state index in [4.69, 9.17) is 9.84 Å². The molecule has 0 unspecified atom stereocenters. The van der Waals surface area contributed by atoms with Crippen molar-refractivity contribution < 1.29 is 14.8 Å². The van der Waals surface area contributed by atoms with Crippen LogP contribution in [0, 0.1) is 10.1 Å². The van der Waals surface area contributed by atoms with E-state index in [0.29, 0.717) is 31.4 Å². The first-order valence-electron chi connectivity index (χ1n) is 5.94. The Morgan fingerprint density at radius 3 is 2.79 bits per heavy atom. The lowest BCUT2D eigenvalue weighted by Crippen LogP contribution is -2.09. The van der Waals surface area contributed by atoms with Crippen molar-refractivity contribution in [1.29, 1.82) is 0 Å². The second kappa shape index (κ2) is 8.22. The number of ether oxygens (including phenoxy) is 1. The summed E-state index contributed by atoms with van der Waals surface area (Å²) in [7, 11) is 1.65. The fourth-order valence-electron chi connectivity index (χ4n) is 1.40. The van der Waals surface area contributed by atoms with Gasteiger partial charge < -0.3 is 20.5 Å². The van der Waals surface area contributed by atoms with Gasteiger partial charge in [0.2, 0.25) is 0 Å². The smallest absolute Gasteiger partial charge is 0.276 e. The summed E-state index contributed by atoms with van der Waals surface area (Å²) in [5.41, 5.74) is -0.0154. The van der Waals surface area contributed by atoms with E-state index in [1.54, 1.807) is 7.05 Å². The number of hydrogen-bond donors (Lipinski definition) is 3. The monoisotopic (exact) mass is 270 g/mol. The minimum absolute atomic E-state index is 0.00535. The minimum atomic E-state index is -0.460. The predicted octanol–water partition coefficient (Wildman–Crippen LogP) is 0.842. The average Bonchev–Trinajstić information content (AvgIpc) is 2.42. The topological polar surface area (TPSA) is 110 Å². The lowest BCUT2D eigenvalue weighted by atomic mass is 10.3. The fraction of sp³-hybridized carbons (Fsp3) is 0.545. The average molecular weight is 270 g/mol. The Labute approximate surface area is 111 Å². The maximum absolute atomic E-state index is 10.7. The zero-order valence-corrected chi connectivity index (χ0v) is 10.8. The Bertz CT molecular complexity index is 414. The van der Waals surface area contributed by atoms with Crippen molar-refractivity contribution in [2.75, 3.05) is 44.0 Å². The van der Waals surface area contributed by atoms with Crippen LogP contribution in [0.25, 0.3) is 0 Å². The summed E-state index contributed by atoms with van der Waals surface area (Å²) in [6, 6.07) is 2.75. The summed E-state index contributed by atoms with van der Waals surface area (Å²) < 4.78 is 5.10. The third-order valence-corrected chi connectivity index (χ3v) is 2.28. The van der Waals surface area contributed by atoms with E-state index in [-0.39, 0.29) is 12.3 Å². The van der Waals surface area contributed by atoms with Crippen LogP contribution in [0.1, 0.15) is 6.42 Å². The number of nitrogens with zero attached hydrogens (tertiary/aromatic N) is 2. The van der Waals surface area contributed by atoms with Crippen LogP contribution in [0.5, 0.6) is 0 Å². The molecule has 0 saturated carbocycles. The number of nitro groups is 1. The van der Waals surface area contributed by atoms with E-state index in [2.05, 4.69) is 15.6 Å². The third-order valence-electron chi connectivity index (χ3n) is 2.28. The molecule has 0 spiro atoms. The Balaban J connectivity index is 2.48. The van der Waals surface area contributed by atoms with Gasteiger partial charge in [-0.1, -0.05) is 0 Å². The molecule has 0 aromatic carbocycles. The number of pyridine rings is 1. The number of aromatic nitrogens is 1. The molecule has 0 aliphatic heterocycles. The third kappa shape index (κ3) is 5.49. The van der Waals surface area contributed by atoms with E-state index >= 15 is 0 Å². The highest BCUT2D eigenvalue weighted by Gasteiger charge is 2.10. The van der Waals surface area contributed by atoms with Gasteiger partial charge in [0.1, 0.15) is 11.6 Å². The summed E-state index contributed by atoms with van der Waals surface area (Å²) in [6.07, 6.45) is 0.721. The predicted molar refractivity (Wildman–Crippen MR) is 71.4 cm³/mol. The van der Waals surface area contributed by atoms with Crippen molar-refractivity contribution in [2.24, 2.45) is 0 Å². The first kappa shape index (κ1) is 15.1. The Morgan fingerprint density at radius 1 is 1.42 bits per heavy atom. The van der Waals surface area contributed by atoms with Crippen LogP contribution in [-0.2, 0) is 4.74 Å². The molecule has 19 heavy (non-hydrogen) atoms. The van der Waals surface area contributed by atoms with Gasteiger partial charge in [-0.05, 0) is 6.42 Å². The molecule has 0 fully saturated rings. The molecule has 106 valence electrons. The van der Waals surface area contributed by atoms with Gasteiger partial charge in [0.25, 0.3) is 5.69 Å². The lowest BCUT2D eigenvalue weighted by Gasteiger charge is -2.07. The van der Waals surface area contributed by atoms with Gasteiger partial charge >= 0.3 is 0 Å². The first-order chi connectivity index (χ1) is 9.17. The highest BCUT2D eigenvalue weighted by atomic mass is 16.6. The molecule has 0 saturated heterocycles. The van der Waals surface area contributed by atoms with E-state index in [0.717, 1.165) is 6.42 Å². The molecule has 3 N–H and O–H groups in total. The van der Waals surface area contributed by atoms with Crippen LogP contribution in [0.2, 0.25) is 0 Å². The van der Waals surface area contributed by atoms with E-state index in [9.17, 15) is 10.1 Å². The van der Waals surface area contributed by atoms with Crippen molar-refractivity contribution in [3.05, 3.63) is 22.2 Å². The second-order valence-corrected chi connectivity index (χ2v) is 3.72. The molecule has 0 amide bonds. The molecular formula is C11H18N4O4. The SMILES string of the molecule is CNc1cc([N+](=O)[O-])cc(NCCCOCCO)n1. The van der Waals surface area contributed by atoms with Crippen LogP contribution < -0.4 is 10.6 Å². The summed E-state index contributed by atoms with van der Waals surface area (Å²) in [6.45, 7) is 1.43. The Morgan fingerprint density at radius 2 is 2.16 bits per heavy atom. The molecule has 1 heterocycles. The zero-order valence-electron chi connectivity index (χ0n) is 10.8. The molecule has 1 rings (SSSR count). The van der Waals surface area contributed by atoms with E-state index in [1.165, 1.54) is 12.1 Å². The van der Waals surface area contributed by atoms with Crippen LogP contribution in [-0.4, -0.2) is 48.4 Å². The zero-order chi connectivity index (χ0) is 14.1. The van der Waals surface area contributed by atoms with Crippen LogP contribution in [0.3, 0.4) is 0 Å². The molecule has 0 bridgehead atoms. The molecule has 8 nitrogen and oxygen atoms in total. The van der Waals surface area contributed by atoms with Crippen LogP contribution in [0.4, 0.5) is 17.3 Å². The number of hydrogen-bond acceptors (Lipinski definition) is 7. The Hall–Kier alpha value is -1.93. The Kier molecular flexibility index (Phi) is 6.55. The molecule has 1 aromatic heterocycles. The maximum Gasteiger partial charge on any atom is 0.276 e. The quantitative estimate of drug-likeness (QED) is 0.346. The molecule has 0 aliphatic rings. The molecule has 0 aliphatic carbocycles. The summed E-state index contributed by atoms with van der Waals surface area (Å²) in [4.78, 5) is 14.4. The number of aliphatic hydroxyl groups excluding tert-OH is 1. The van der Waals surface area contributed by atoms with Gasteiger partial charge in [-0.3, -0.25) is 10.1 Å². The summed E-state index contributed by atoms with van der Waals surface area (Å²) in [5, 5.41) is 25.0. The molecule has 1 aromatic rings. The number of rotatable bonds is 9. The van der Waals surface area contributed by atoms with Crippen molar-refractivity contribution in [1.82, 2.24) is 4.98 Å². The van der Waals surface area contributed by atoms with Crippen molar-refractivity contribution in [3.8, 4) is 0 Å². The lowest BCUT2D eigenvalue weighted by molar-refractivity contribution is -0.384. The van der Waals surface area contributed by atoms with E-state index in [1.807, 2.05) is 0 Å². The molecule has 8 heteroatoms. The molecule has 0 atom stereocenters. The number of nitrogens with one attached hydrogen (secondary N) is 2. The minimum Gasteiger partial charge on any atom is -0.394 e. The molecule has 0 radical (unpaired) electrons. The van der Waals surface area contributed by atoms with Crippen molar-refractivity contribution in [3.63, 3.8) is 0 Å². The van der Waals surface area contributed by atoms with Gasteiger partial charge in [-0.2, -0.15) is 0 Å². The van der Waals surface area contributed by atoms with E-state index < -0.39 is 4.92 Å². The second-order valence-electron chi connectivity index (χ2n) is 3.72.